The predicted octanol–water partition coefficient (Wildman–Crippen LogP) is 3.44. The van der Waals surface area contributed by atoms with E-state index in [1.807, 2.05) is 0 Å². The Morgan fingerprint density at radius 3 is 2.63 bits per heavy atom. The molecule has 1 fully saturated rings. The summed E-state index contributed by atoms with van der Waals surface area (Å²) in [4.78, 5) is 2.59. The number of rotatable bonds is 4. The third-order valence-corrected chi connectivity index (χ3v) is 4.37. The maximum Gasteiger partial charge on any atom is 0.0359 e. The van der Waals surface area contributed by atoms with Crippen LogP contribution < -0.4 is 5.73 Å². The standard InChI is InChI=1S/C17H28N2/c1-14-8-7-11-19(12-14)13-17(2,3)16(18)15-9-5-4-6-10-15/h4-6,9-10,14,16H,7-8,11-13,18H2,1-3H3. The largest absolute Gasteiger partial charge is 0.323 e. The summed E-state index contributed by atoms with van der Waals surface area (Å²) in [5.41, 5.74) is 7.86. The van der Waals surface area contributed by atoms with Crippen molar-refractivity contribution in [2.45, 2.75) is 39.7 Å². The Hall–Kier alpha value is -0.860. The van der Waals surface area contributed by atoms with Crippen molar-refractivity contribution >= 4 is 0 Å². The summed E-state index contributed by atoms with van der Waals surface area (Å²) in [7, 11) is 0. The Morgan fingerprint density at radius 1 is 1.32 bits per heavy atom. The number of benzene rings is 1. The number of nitrogens with zero attached hydrogens (tertiary/aromatic N) is 1. The number of likely N-dealkylation sites (tertiary alicyclic amines) is 1. The molecule has 1 aromatic carbocycles. The number of hydrogen-bond donors (Lipinski definition) is 1. The van der Waals surface area contributed by atoms with Crippen LogP contribution in [0.25, 0.3) is 0 Å². The summed E-state index contributed by atoms with van der Waals surface area (Å²) in [5, 5.41) is 0. The van der Waals surface area contributed by atoms with E-state index in [9.17, 15) is 0 Å². The average molecular weight is 260 g/mol. The van der Waals surface area contributed by atoms with Gasteiger partial charge in [-0.05, 0) is 36.3 Å². The van der Waals surface area contributed by atoms with Crippen molar-refractivity contribution in [1.29, 1.82) is 0 Å². The van der Waals surface area contributed by atoms with Crippen LogP contribution in [0.3, 0.4) is 0 Å². The lowest BCUT2D eigenvalue weighted by atomic mass is 9.80. The van der Waals surface area contributed by atoms with Gasteiger partial charge >= 0.3 is 0 Å². The molecule has 2 N–H and O–H groups in total. The van der Waals surface area contributed by atoms with Crippen LogP contribution in [0.4, 0.5) is 0 Å². The SMILES string of the molecule is CC1CCCN(CC(C)(C)C(N)c2ccccc2)C1. The van der Waals surface area contributed by atoms with Crippen molar-refractivity contribution in [3.05, 3.63) is 35.9 Å². The fourth-order valence-corrected chi connectivity index (χ4v) is 3.22. The fraction of sp³-hybridized carbons (Fsp3) is 0.647. The minimum Gasteiger partial charge on any atom is -0.323 e. The molecule has 0 amide bonds. The van der Waals surface area contributed by atoms with Crippen LogP contribution in [0.2, 0.25) is 0 Å². The van der Waals surface area contributed by atoms with Gasteiger partial charge in [-0.1, -0.05) is 51.1 Å². The quantitative estimate of drug-likeness (QED) is 0.898. The molecule has 0 radical (unpaired) electrons. The van der Waals surface area contributed by atoms with Crippen LogP contribution >= 0.6 is 0 Å². The van der Waals surface area contributed by atoms with Gasteiger partial charge in [0.2, 0.25) is 0 Å². The molecule has 0 aromatic heterocycles. The van der Waals surface area contributed by atoms with E-state index in [1.165, 1.54) is 31.5 Å². The highest BCUT2D eigenvalue weighted by Crippen LogP contribution is 2.33. The normalized spacial score (nSPS) is 23.3. The minimum absolute atomic E-state index is 0.103. The van der Waals surface area contributed by atoms with Crippen molar-refractivity contribution < 1.29 is 0 Å². The van der Waals surface area contributed by atoms with Crippen molar-refractivity contribution in [2.75, 3.05) is 19.6 Å². The molecule has 1 saturated heterocycles. The molecule has 1 aliphatic heterocycles. The monoisotopic (exact) mass is 260 g/mol. The van der Waals surface area contributed by atoms with Crippen LogP contribution in [0.5, 0.6) is 0 Å². The molecule has 2 heteroatoms. The zero-order valence-electron chi connectivity index (χ0n) is 12.6. The van der Waals surface area contributed by atoms with Gasteiger partial charge in [0.05, 0.1) is 0 Å². The van der Waals surface area contributed by atoms with Gasteiger partial charge in [-0.15, -0.1) is 0 Å². The molecule has 1 aliphatic rings. The Kier molecular flexibility index (Phi) is 4.64. The van der Waals surface area contributed by atoms with Crippen LogP contribution in [-0.4, -0.2) is 24.5 Å². The highest BCUT2D eigenvalue weighted by molar-refractivity contribution is 5.20. The van der Waals surface area contributed by atoms with E-state index in [1.54, 1.807) is 0 Å². The van der Waals surface area contributed by atoms with Gasteiger partial charge < -0.3 is 10.6 Å². The van der Waals surface area contributed by atoms with E-state index < -0.39 is 0 Å². The highest BCUT2D eigenvalue weighted by atomic mass is 15.1. The molecule has 19 heavy (non-hydrogen) atoms. The van der Waals surface area contributed by atoms with Crippen LogP contribution in [-0.2, 0) is 0 Å². The molecular weight excluding hydrogens is 232 g/mol. The van der Waals surface area contributed by atoms with Crippen molar-refractivity contribution in [3.63, 3.8) is 0 Å². The number of hydrogen-bond acceptors (Lipinski definition) is 2. The summed E-state index contributed by atoms with van der Waals surface area (Å²) in [6.07, 6.45) is 2.71. The zero-order valence-corrected chi connectivity index (χ0v) is 12.6. The maximum absolute atomic E-state index is 6.50. The van der Waals surface area contributed by atoms with Crippen molar-refractivity contribution in [2.24, 2.45) is 17.1 Å². The van der Waals surface area contributed by atoms with Crippen LogP contribution in [0, 0.1) is 11.3 Å². The second-order valence-electron chi connectivity index (χ2n) is 6.86. The van der Waals surface area contributed by atoms with Gasteiger partial charge in [-0.3, -0.25) is 0 Å². The number of nitrogens with two attached hydrogens (primary N) is 1. The minimum atomic E-state index is 0.103. The lowest BCUT2D eigenvalue weighted by Gasteiger charge is -2.40. The summed E-state index contributed by atoms with van der Waals surface area (Å²) in [6, 6.07) is 10.6. The molecule has 0 saturated carbocycles. The summed E-state index contributed by atoms with van der Waals surface area (Å²) in [6.45, 7) is 10.5. The molecule has 2 rings (SSSR count). The Labute approximate surface area is 118 Å². The fourth-order valence-electron chi connectivity index (χ4n) is 3.22. The third kappa shape index (κ3) is 3.80. The lowest BCUT2D eigenvalue weighted by molar-refractivity contribution is 0.110. The van der Waals surface area contributed by atoms with E-state index >= 15 is 0 Å². The van der Waals surface area contributed by atoms with Gasteiger partial charge in [0.25, 0.3) is 0 Å². The molecule has 2 atom stereocenters. The number of piperidine rings is 1. The first-order valence-corrected chi connectivity index (χ1v) is 7.52. The average Bonchev–Trinajstić information content (AvgIpc) is 2.38. The summed E-state index contributed by atoms with van der Waals surface area (Å²) < 4.78 is 0. The Bertz CT molecular complexity index is 386. The van der Waals surface area contributed by atoms with Gasteiger partial charge in [0, 0.05) is 19.1 Å². The topological polar surface area (TPSA) is 29.3 Å². The highest BCUT2D eigenvalue weighted by Gasteiger charge is 2.31. The van der Waals surface area contributed by atoms with Gasteiger partial charge in [-0.2, -0.15) is 0 Å². The Morgan fingerprint density at radius 2 is 2.00 bits per heavy atom. The zero-order chi connectivity index (χ0) is 13.9. The van der Waals surface area contributed by atoms with E-state index in [2.05, 4.69) is 56.0 Å². The summed E-state index contributed by atoms with van der Waals surface area (Å²) in [5.74, 6) is 0.831. The molecule has 0 bridgehead atoms. The van der Waals surface area contributed by atoms with E-state index in [0.29, 0.717) is 0 Å². The molecule has 1 heterocycles. The summed E-state index contributed by atoms with van der Waals surface area (Å²) >= 11 is 0. The van der Waals surface area contributed by atoms with E-state index in [4.69, 9.17) is 5.73 Å². The van der Waals surface area contributed by atoms with Crippen LogP contribution in [0.15, 0.2) is 30.3 Å². The lowest BCUT2D eigenvalue weighted by Crippen LogP contribution is -2.44. The molecular formula is C17H28N2. The first-order valence-electron chi connectivity index (χ1n) is 7.52. The van der Waals surface area contributed by atoms with Crippen molar-refractivity contribution in [3.8, 4) is 0 Å². The third-order valence-electron chi connectivity index (χ3n) is 4.37. The molecule has 0 aliphatic carbocycles. The molecule has 2 unspecified atom stereocenters. The molecule has 2 nitrogen and oxygen atoms in total. The van der Waals surface area contributed by atoms with Gasteiger partial charge in [0.1, 0.15) is 0 Å². The smallest absolute Gasteiger partial charge is 0.0359 e. The van der Waals surface area contributed by atoms with E-state index in [-0.39, 0.29) is 11.5 Å². The first-order chi connectivity index (χ1) is 8.99. The van der Waals surface area contributed by atoms with Crippen LogP contribution in [0.1, 0.15) is 45.2 Å². The Balaban J connectivity index is 2.01. The molecule has 106 valence electrons. The second kappa shape index (κ2) is 6.06. The van der Waals surface area contributed by atoms with Crippen molar-refractivity contribution in [1.82, 2.24) is 4.90 Å². The van der Waals surface area contributed by atoms with Gasteiger partial charge in [0.15, 0.2) is 0 Å². The molecule has 0 spiro atoms. The van der Waals surface area contributed by atoms with E-state index in [0.717, 1.165) is 12.5 Å². The molecule has 1 aromatic rings. The van der Waals surface area contributed by atoms with Gasteiger partial charge in [-0.25, -0.2) is 0 Å². The predicted molar refractivity (Wildman–Crippen MR) is 82.0 cm³/mol. The first kappa shape index (κ1) is 14.5. The maximum atomic E-state index is 6.50. The second-order valence-corrected chi connectivity index (χ2v) is 6.86.